The zero-order valence-electron chi connectivity index (χ0n) is 14.6. The molecule has 0 radical (unpaired) electrons. The lowest BCUT2D eigenvalue weighted by Gasteiger charge is -2.08. The summed E-state index contributed by atoms with van der Waals surface area (Å²) < 4.78 is 2.72. The van der Waals surface area contributed by atoms with Crippen LogP contribution in [0.25, 0.3) is 42.4 Å². The van der Waals surface area contributed by atoms with Crippen LogP contribution in [0.15, 0.2) is 91.0 Å². The van der Waals surface area contributed by atoms with E-state index in [0.717, 1.165) is 0 Å². The average molecular weight is 348 g/mol. The largest absolute Gasteiger partial charge is 0.139 e. The van der Waals surface area contributed by atoms with E-state index in [2.05, 4.69) is 98.8 Å². The number of fused-ring (bicyclic) bond motifs is 3. The lowest BCUT2D eigenvalue weighted by atomic mass is 9.93. The molecular formula is C24H17BS. The molecule has 5 aromatic rings. The second-order valence-corrected chi connectivity index (χ2v) is 7.78. The van der Waals surface area contributed by atoms with Crippen LogP contribution in [0.4, 0.5) is 0 Å². The van der Waals surface area contributed by atoms with Crippen LogP contribution >= 0.6 is 11.3 Å². The minimum Gasteiger partial charge on any atom is -0.135 e. The fourth-order valence-corrected chi connectivity index (χ4v) is 4.83. The highest BCUT2D eigenvalue weighted by Gasteiger charge is 2.10. The van der Waals surface area contributed by atoms with Crippen LogP contribution in [-0.2, 0) is 0 Å². The minimum absolute atomic E-state index is 1.26. The van der Waals surface area contributed by atoms with Crippen molar-refractivity contribution in [2.45, 2.75) is 0 Å². The van der Waals surface area contributed by atoms with Crippen molar-refractivity contribution in [1.29, 1.82) is 0 Å². The first-order valence-electron chi connectivity index (χ1n) is 8.87. The molecule has 1 aromatic heterocycles. The van der Waals surface area contributed by atoms with Gasteiger partial charge in [-0.1, -0.05) is 84.3 Å². The minimum atomic E-state index is 1.26. The summed E-state index contributed by atoms with van der Waals surface area (Å²) in [6.07, 6.45) is 0. The summed E-state index contributed by atoms with van der Waals surface area (Å²) in [6.45, 7) is 0. The number of benzene rings is 4. The Morgan fingerprint density at radius 2 is 1.31 bits per heavy atom. The molecule has 26 heavy (non-hydrogen) atoms. The molecule has 0 aliphatic carbocycles. The van der Waals surface area contributed by atoms with E-state index < -0.39 is 0 Å². The summed E-state index contributed by atoms with van der Waals surface area (Å²) in [5.41, 5.74) is 6.42. The molecule has 0 aliphatic heterocycles. The smallest absolute Gasteiger partial charge is 0.135 e. The van der Waals surface area contributed by atoms with Crippen molar-refractivity contribution in [1.82, 2.24) is 0 Å². The van der Waals surface area contributed by atoms with Crippen LogP contribution in [0.2, 0.25) is 0 Å². The van der Waals surface area contributed by atoms with E-state index in [1.807, 2.05) is 11.3 Å². The Morgan fingerprint density at radius 1 is 0.577 bits per heavy atom. The van der Waals surface area contributed by atoms with Gasteiger partial charge < -0.3 is 0 Å². The van der Waals surface area contributed by atoms with Gasteiger partial charge in [-0.25, -0.2) is 0 Å². The predicted octanol–water partition coefficient (Wildman–Crippen LogP) is 5.65. The second kappa shape index (κ2) is 6.15. The lowest BCUT2D eigenvalue weighted by molar-refractivity contribution is 1.62. The van der Waals surface area contributed by atoms with Crippen molar-refractivity contribution in [3.63, 3.8) is 0 Å². The van der Waals surface area contributed by atoms with Crippen LogP contribution in [-0.4, -0.2) is 7.85 Å². The molecule has 0 nitrogen and oxygen atoms in total. The van der Waals surface area contributed by atoms with Crippen molar-refractivity contribution in [3.8, 4) is 22.3 Å². The maximum atomic E-state index is 2.31. The monoisotopic (exact) mass is 348 g/mol. The maximum absolute atomic E-state index is 2.31. The van der Waals surface area contributed by atoms with Gasteiger partial charge in [-0.3, -0.25) is 0 Å². The first-order chi connectivity index (χ1) is 12.8. The molecule has 4 aromatic carbocycles. The number of hydrogen-bond acceptors (Lipinski definition) is 1. The molecule has 2 heteroatoms. The molecule has 0 fully saturated rings. The Bertz CT molecular complexity index is 1230. The van der Waals surface area contributed by atoms with Crippen LogP contribution in [0, 0.1) is 0 Å². The normalized spacial score (nSPS) is 11.2. The molecule has 0 aliphatic rings. The van der Waals surface area contributed by atoms with Crippen molar-refractivity contribution >= 4 is 44.8 Å². The summed E-state index contributed by atoms with van der Waals surface area (Å²) in [4.78, 5) is 0. The Morgan fingerprint density at radius 3 is 2.19 bits per heavy atom. The fourth-order valence-electron chi connectivity index (χ4n) is 3.59. The highest BCUT2D eigenvalue weighted by Crippen LogP contribution is 2.40. The Labute approximate surface area is 158 Å². The molecule has 0 N–H and O–H groups in total. The Kier molecular flexibility index (Phi) is 3.65. The van der Waals surface area contributed by atoms with E-state index in [1.165, 1.54) is 47.9 Å². The van der Waals surface area contributed by atoms with Gasteiger partial charge in [0.1, 0.15) is 7.85 Å². The van der Waals surface area contributed by atoms with Crippen LogP contribution in [0.1, 0.15) is 0 Å². The van der Waals surface area contributed by atoms with E-state index in [0.29, 0.717) is 0 Å². The van der Waals surface area contributed by atoms with Gasteiger partial charge in [0.2, 0.25) is 0 Å². The maximum Gasteiger partial charge on any atom is 0.139 e. The van der Waals surface area contributed by atoms with Gasteiger partial charge >= 0.3 is 0 Å². The van der Waals surface area contributed by atoms with Crippen LogP contribution in [0.3, 0.4) is 0 Å². The highest BCUT2D eigenvalue weighted by molar-refractivity contribution is 7.26. The summed E-state index contributed by atoms with van der Waals surface area (Å²) in [6, 6.07) is 33.0. The quantitative estimate of drug-likeness (QED) is 0.362. The topological polar surface area (TPSA) is 0 Å². The third kappa shape index (κ3) is 2.54. The molecule has 0 bridgehead atoms. The van der Waals surface area contributed by atoms with Gasteiger partial charge in [0, 0.05) is 20.2 Å². The van der Waals surface area contributed by atoms with E-state index in [1.54, 1.807) is 0 Å². The zero-order valence-corrected chi connectivity index (χ0v) is 15.4. The molecule has 0 atom stereocenters. The van der Waals surface area contributed by atoms with Gasteiger partial charge in [-0.2, -0.15) is 0 Å². The fraction of sp³-hybridized carbons (Fsp3) is 0. The first kappa shape index (κ1) is 15.4. The Balaban J connectivity index is 1.71. The van der Waals surface area contributed by atoms with Gasteiger partial charge in [0.05, 0.1) is 0 Å². The molecule has 0 spiro atoms. The molecule has 0 saturated heterocycles. The predicted molar refractivity (Wildman–Crippen MR) is 118 cm³/mol. The van der Waals surface area contributed by atoms with E-state index in [-0.39, 0.29) is 0 Å². The van der Waals surface area contributed by atoms with E-state index >= 15 is 0 Å². The lowest BCUT2D eigenvalue weighted by Crippen LogP contribution is -1.99. The second-order valence-electron chi connectivity index (χ2n) is 6.73. The van der Waals surface area contributed by atoms with Gasteiger partial charge in [0.25, 0.3) is 0 Å². The van der Waals surface area contributed by atoms with Crippen molar-refractivity contribution < 1.29 is 0 Å². The number of hydrogen-bond donors (Lipinski definition) is 0. The van der Waals surface area contributed by atoms with E-state index in [9.17, 15) is 0 Å². The number of thiophene rings is 1. The molecule has 122 valence electrons. The molecule has 0 unspecified atom stereocenters. The Hall–Kier alpha value is -2.84. The summed E-state index contributed by atoms with van der Waals surface area (Å²) >= 11 is 1.89. The molecule has 0 amide bonds. The summed E-state index contributed by atoms with van der Waals surface area (Å²) in [7, 11) is 2.13. The zero-order chi connectivity index (χ0) is 17.5. The summed E-state index contributed by atoms with van der Waals surface area (Å²) in [5, 5.41) is 2.70. The van der Waals surface area contributed by atoms with Gasteiger partial charge in [-0.05, 0) is 34.4 Å². The van der Waals surface area contributed by atoms with Crippen molar-refractivity contribution in [2.75, 3.05) is 0 Å². The first-order valence-corrected chi connectivity index (χ1v) is 9.69. The van der Waals surface area contributed by atoms with E-state index in [4.69, 9.17) is 0 Å². The molecule has 5 rings (SSSR count). The SMILES string of the molecule is Bc1ccc(-c2cccc(-c3cccc4c3sc3ccccc34)c2)cc1. The highest BCUT2D eigenvalue weighted by atomic mass is 32.1. The molecular weight excluding hydrogens is 331 g/mol. The average Bonchev–Trinajstić information content (AvgIpc) is 3.07. The van der Waals surface area contributed by atoms with Gasteiger partial charge in [0.15, 0.2) is 0 Å². The standard InChI is InChI=1S/C24H17BS/c25-19-13-11-16(12-14-19)17-5-3-6-18(15-17)20-8-4-9-22-21-7-1-2-10-23(21)26-24(20)22/h1-15H,25H2. The third-order valence-corrected chi connectivity index (χ3v) is 6.18. The van der Waals surface area contributed by atoms with Crippen LogP contribution < -0.4 is 5.46 Å². The van der Waals surface area contributed by atoms with Crippen molar-refractivity contribution in [3.05, 3.63) is 91.0 Å². The van der Waals surface area contributed by atoms with Crippen molar-refractivity contribution in [2.24, 2.45) is 0 Å². The van der Waals surface area contributed by atoms with Gasteiger partial charge in [-0.15, -0.1) is 11.3 Å². The number of rotatable bonds is 2. The third-order valence-electron chi connectivity index (χ3n) is 4.96. The van der Waals surface area contributed by atoms with Crippen LogP contribution in [0.5, 0.6) is 0 Å². The molecule has 0 saturated carbocycles. The summed E-state index contributed by atoms with van der Waals surface area (Å²) in [5.74, 6) is 0. The molecule has 1 heterocycles.